The second kappa shape index (κ2) is 45.0. The van der Waals surface area contributed by atoms with Crippen molar-refractivity contribution < 1.29 is 19.2 Å². The van der Waals surface area contributed by atoms with E-state index in [0.29, 0.717) is 89.1 Å². The van der Waals surface area contributed by atoms with Crippen LogP contribution in [0.3, 0.4) is 0 Å². The largest absolute Gasteiger partial charge is 0.370 e. The molecular formula is C101H119ClN24O4. The molecule has 0 fully saturated rings. The number of fused-ring (bicyclic) bond motifs is 8. The SMILES string of the molecule is Cc1cccnc1CN(CCC(N)=O)[C@H]1CCCc2cccnc21.Cn1c(CN(CCC(N)=O)[C@H]2CCCc3cccnc32)nc2ccccc21.Cn1c(CN(CCc2cnc[nH]2)[C@H]2CCCc3cccnc32)nc2ccccc21.NC(=O)CCN(Cc1nc2ccccc2[nH]1)[C@H]1CCCc2cccnc21.NC(=O)CCN(Cc1ncccc1Cl)[C@H]1CCCc2cccnc21. The summed E-state index contributed by atoms with van der Waals surface area (Å²) in [7, 11) is 4.16. The van der Waals surface area contributed by atoms with E-state index in [9.17, 15) is 19.2 Å². The van der Waals surface area contributed by atoms with Crippen molar-refractivity contribution in [1.29, 1.82) is 0 Å². The van der Waals surface area contributed by atoms with Gasteiger partial charge in [0.2, 0.25) is 23.6 Å². The Balaban J connectivity index is 0.000000125. The fourth-order valence-corrected chi connectivity index (χ4v) is 19.2. The Bertz CT molecular complexity index is 5960. The van der Waals surface area contributed by atoms with E-state index >= 15 is 0 Å². The van der Waals surface area contributed by atoms with Crippen LogP contribution in [0.15, 0.2) is 214 Å². The molecule has 11 heterocycles. The van der Waals surface area contributed by atoms with Gasteiger partial charge in [0.05, 0.1) is 134 Å². The Morgan fingerprint density at radius 1 is 0.392 bits per heavy atom. The number of carbonyl (C=O) groups excluding carboxylic acids is 4. The van der Waals surface area contributed by atoms with Crippen LogP contribution >= 0.6 is 11.6 Å². The van der Waals surface area contributed by atoms with Gasteiger partial charge in [-0.15, -0.1) is 0 Å². The molecule has 14 aromatic rings. The van der Waals surface area contributed by atoms with E-state index in [1.165, 1.54) is 51.0 Å². The number of aryl methyl sites for hydroxylation is 8. The molecule has 5 atom stereocenters. The normalized spacial score (nSPS) is 16.7. The summed E-state index contributed by atoms with van der Waals surface area (Å²) < 4.78 is 4.36. The first kappa shape index (κ1) is 92.0. The summed E-state index contributed by atoms with van der Waals surface area (Å²) in [5, 5.41) is 0.638. The Kier molecular flexibility index (Phi) is 31.9. The van der Waals surface area contributed by atoms with Gasteiger partial charge in [0.1, 0.15) is 17.5 Å². The number of aromatic nitrogens is 15. The molecule has 0 spiro atoms. The summed E-state index contributed by atoms with van der Waals surface area (Å²) in [6.45, 7) is 8.82. The molecule has 0 bridgehead atoms. The Labute approximate surface area is 764 Å². The minimum Gasteiger partial charge on any atom is -0.370 e. The first-order valence-corrected chi connectivity index (χ1v) is 46.0. The van der Waals surface area contributed by atoms with E-state index in [1.807, 2.05) is 135 Å². The molecule has 10 N–H and O–H groups in total. The smallest absolute Gasteiger partial charge is 0.218 e. The molecule has 4 amide bonds. The average molecular weight is 1770 g/mol. The zero-order chi connectivity index (χ0) is 90.2. The maximum Gasteiger partial charge on any atom is 0.218 e. The zero-order valence-corrected chi connectivity index (χ0v) is 75.4. The number of benzene rings is 3. The highest BCUT2D eigenvalue weighted by Crippen LogP contribution is 2.40. The summed E-state index contributed by atoms with van der Waals surface area (Å²) in [6, 6.07) is 54.1. The number of hydrogen-bond acceptors (Lipinski definition) is 20. The quantitative estimate of drug-likeness (QED) is 0.0243. The van der Waals surface area contributed by atoms with Gasteiger partial charge < -0.3 is 42.0 Å². The molecule has 0 saturated heterocycles. The van der Waals surface area contributed by atoms with Crippen LogP contribution in [0.2, 0.25) is 5.02 Å². The van der Waals surface area contributed by atoms with Crippen molar-refractivity contribution >= 4 is 68.3 Å². The number of rotatable bonds is 30. The number of imidazole rings is 4. The topological polar surface area (TPSA) is 372 Å². The number of nitrogens with two attached hydrogens (primary N) is 4. The fourth-order valence-electron chi connectivity index (χ4n) is 19.0. The van der Waals surface area contributed by atoms with Gasteiger partial charge in [-0.05, 0) is 222 Å². The summed E-state index contributed by atoms with van der Waals surface area (Å²) in [5.74, 6) is 1.86. The van der Waals surface area contributed by atoms with Crippen LogP contribution in [0, 0.1) is 6.92 Å². The first-order valence-electron chi connectivity index (χ1n) is 45.7. The van der Waals surface area contributed by atoms with Gasteiger partial charge in [0.15, 0.2) is 0 Å². The number of nitrogens with zero attached hydrogens (tertiary/aromatic N) is 18. The van der Waals surface area contributed by atoms with Gasteiger partial charge in [0, 0.05) is 147 Å². The third-order valence-corrected chi connectivity index (χ3v) is 26.1. The predicted molar refractivity (Wildman–Crippen MR) is 505 cm³/mol. The number of halogens is 1. The van der Waals surface area contributed by atoms with Crippen LogP contribution in [0.5, 0.6) is 0 Å². The molecule has 11 aromatic heterocycles. The van der Waals surface area contributed by atoms with Crippen LogP contribution in [0.1, 0.15) is 217 Å². The maximum atomic E-state index is 11.5. The Morgan fingerprint density at radius 2 is 0.738 bits per heavy atom. The Morgan fingerprint density at radius 3 is 1.12 bits per heavy atom. The second-order valence-electron chi connectivity index (χ2n) is 34.4. The van der Waals surface area contributed by atoms with Crippen molar-refractivity contribution in [3.8, 4) is 0 Å². The summed E-state index contributed by atoms with van der Waals surface area (Å²) >= 11 is 6.27. The first-order chi connectivity index (χ1) is 63.4. The lowest BCUT2D eigenvalue weighted by molar-refractivity contribution is -0.119. The zero-order valence-electron chi connectivity index (χ0n) is 74.7. The van der Waals surface area contributed by atoms with Crippen LogP contribution in [-0.2, 0) is 105 Å². The average Bonchev–Trinajstić information content (AvgIpc) is 1.58. The van der Waals surface area contributed by atoms with Crippen molar-refractivity contribution in [3.63, 3.8) is 0 Å². The lowest BCUT2D eigenvalue weighted by atomic mass is 9.90. The van der Waals surface area contributed by atoms with E-state index in [4.69, 9.17) is 54.5 Å². The molecule has 130 heavy (non-hydrogen) atoms. The summed E-state index contributed by atoms with van der Waals surface area (Å²) in [6.07, 6.45) is 35.1. The van der Waals surface area contributed by atoms with Crippen LogP contribution < -0.4 is 22.9 Å². The molecule has 3 aromatic carbocycles. The van der Waals surface area contributed by atoms with Crippen molar-refractivity contribution in [2.45, 2.75) is 198 Å². The third-order valence-electron chi connectivity index (χ3n) is 25.7. The number of aromatic amines is 2. The molecule has 0 saturated carbocycles. The van der Waals surface area contributed by atoms with Crippen LogP contribution in [0.25, 0.3) is 33.1 Å². The van der Waals surface area contributed by atoms with Crippen molar-refractivity contribution in [2.75, 3.05) is 32.7 Å². The Hall–Kier alpha value is -12.7. The lowest BCUT2D eigenvalue weighted by Gasteiger charge is -2.35. The highest BCUT2D eigenvalue weighted by molar-refractivity contribution is 6.31. The number of amides is 4. The molecule has 28 nitrogen and oxygen atoms in total. The molecule has 0 unspecified atom stereocenters. The molecule has 29 heteroatoms. The van der Waals surface area contributed by atoms with Gasteiger partial charge in [-0.1, -0.05) is 84.4 Å². The summed E-state index contributed by atoms with van der Waals surface area (Å²) in [5.41, 5.74) is 44.5. The number of H-pyrrole nitrogens is 2. The third kappa shape index (κ3) is 23.9. The van der Waals surface area contributed by atoms with Crippen molar-refractivity contribution in [2.24, 2.45) is 37.0 Å². The van der Waals surface area contributed by atoms with E-state index in [2.05, 4.69) is 165 Å². The van der Waals surface area contributed by atoms with E-state index in [0.717, 1.165) is 194 Å². The molecule has 0 radical (unpaired) electrons. The monoisotopic (exact) mass is 1770 g/mol. The number of primary amides is 4. The molecular weight excluding hydrogens is 1650 g/mol. The van der Waals surface area contributed by atoms with Crippen LogP contribution in [-0.4, -0.2) is 155 Å². The van der Waals surface area contributed by atoms with Gasteiger partial charge in [-0.2, -0.15) is 0 Å². The number of carbonyl (C=O) groups is 4. The van der Waals surface area contributed by atoms with Crippen molar-refractivity contribution in [1.82, 2.24) is 98.4 Å². The van der Waals surface area contributed by atoms with E-state index < -0.39 is 0 Å². The van der Waals surface area contributed by atoms with E-state index in [-0.39, 0.29) is 47.8 Å². The van der Waals surface area contributed by atoms with Gasteiger partial charge in [-0.25, -0.2) is 19.9 Å². The molecule has 5 aliphatic carbocycles. The lowest BCUT2D eigenvalue weighted by Crippen LogP contribution is -2.35. The number of para-hydroxylation sites is 6. The number of hydrogen-bond donors (Lipinski definition) is 6. The van der Waals surface area contributed by atoms with E-state index in [1.54, 1.807) is 12.5 Å². The van der Waals surface area contributed by atoms with Crippen LogP contribution in [0.4, 0.5) is 0 Å². The highest BCUT2D eigenvalue weighted by atomic mass is 35.5. The highest BCUT2D eigenvalue weighted by Gasteiger charge is 2.35. The second-order valence-corrected chi connectivity index (χ2v) is 34.8. The fraction of sp³-hybridized carbons (Fsp3) is 0.376. The molecule has 19 rings (SSSR count). The standard InChI is InChI=1S/C23H26N6.C21H25N5O.C20H23N5O.C19H24N4O.C18H21ClN4O/c1-28-20-9-3-2-8-19(20)27-22(28)15-29(13-11-18-14-24-16-26-18)21-10-4-6-17-7-5-12-25-23(17)21;1-25-17-9-3-2-8-16(17)24-20(25)14-26(13-11-19(22)27)18-10-4-6-15-7-5-12-23-21(15)18;21-18(26)10-12-25(13-19-23-15-7-1-2-8-16(15)24-19)17-9-3-5-14-6-4-11-22-20(14)17;1-14-5-3-10-21-16(14)13-23(12-9-18(20)24)17-8-2-6-15-7-4-11-22-19(15)17;19-14-6-3-9-21-15(14)12-23(11-8-17(20)24)16-7-1-4-13-5-2-10-22-18(13)16/h2-3,5,7-9,12,14,16,21H,4,6,10-11,13,15H2,1H3,(H,24,26);2-3,5,7-9,12,18H,4,6,10-11,13-14H2,1H3,(H2,22,27);1-2,4,6-8,11,17H,3,5,9-10,12-13H2,(H2,21,26)(H,23,24);3-5,7,10-11,17H,2,6,8-9,12-13H2,1H3,(H2,20,24);2-3,5-6,9-10,16H,1,4,7-8,11-12H2,(H2,20,24)/t21-;18-;2*17-;16-/m00000/s1. The number of pyridine rings is 7. The maximum absolute atomic E-state index is 11.5. The summed E-state index contributed by atoms with van der Waals surface area (Å²) in [4.78, 5) is 115. The predicted octanol–water partition coefficient (Wildman–Crippen LogP) is 14.7. The van der Waals surface area contributed by atoms with Gasteiger partial charge in [0.25, 0.3) is 0 Å². The molecule has 5 aliphatic rings. The van der Waals surface area contributed by atoms with Gasteiger partial charge in [-0.3, -0.25) is 78.6 Å². The molecule has 0 aliphatic heterocycles. The van der Waals surface area contributed by atoms with Gasteiger partial charge >= 0.3 is 0 Å². The minimum atomic E-state index is -0.302. The molecule has 674 valence electrons. The number of nitrogens with one attached hydrogen (secondary N) is 2. The minimum absolute atomic E-state index is 0.160. The van der Waals surface area contributed by atoms with Crippen molar-refractivity contribution in [3.05, 3.63) is 315 Å².